The van der Waals surface area contributed by atoms with Crippen molar-refractivity contribution < 1.29 is 4.79 Å². The Morgan fingerprint density at radius 2 is 0.952 bits per heavy atom. The molecule has 312 valence electrons. The molecule has 2 atom stereocenters. The van der Waals surface area contributed by atoms with Gasteiger partial charge in [0.2, 0.25) is 11.9 Å². The van der Waals surface area contributed by atoms with Gasteiger partial charge in [-0.15, -0.1) is 0 Å². The summed E-state index contributed by atoms with van der Waals surface area (Å²) in [6, 6.07) is 23.6. The number of nitrogens with one attached hydrogen (secondary N) is 2. The second kappa shape index (κ2) is 16.7. The van der Waals surface area contributed by atoms with Crippen molar-refractivity contribution in [1.82, 2.24) is 39.9 Å². The Kier molecular flexibility index (Phi) is 10.7. The molecule has 0 saturated carbocycles. The third kappa shape index (κ3) is 7.55. The molecule has 0 aliphatic carbocycles. The van der Waals surface area contributed by atoms with Crippen LogP contribution in [0.3, 0.4) is 0 Å². The van der Waals surface area contributed by atoms with Gasteiger partial charge >= 0.3 is 0 Å². The number of carbonyl (C=O) groups excluding carboxylic acids is 1. The summed E-state index contributed by atoms with van der Waals surface area (Å²) in [6.45, 7) is 3.07. The maximum Gasteiger partial charge on any atom is 0.220 e. The van der Waals surface area contributed by atoms with E-state index in [-0.39, 0.29) is 41.4 Å². The molecule has 6 aromatic heterocycles. The third-order valence-corrected chi connectivity index (χ3v) is 13.3. The number of anilines is 4. The number of nitrogens with zero attached hydrogens (tertiary/aromatic N) is 8. The van der Waals surface area contributed by atoms with E-state index in [0.717, 1.165) is 119 Å². The first-order valence-electron chi connectivity index (χ1n) is 20.9. The summed E-state index contributed by atoms with van der Waals surface area (Å²) in [5.41, 5.74) is 21.0. The van der Waals surface area contributed by atoms with Crippen LogP contribution in [0.5, 0.6) is 0 Å². The zero-order valence-corrected chi connectivity index (χ0v) is 35.3. The van der Waals surface area contributed by atoms with Gasteiger partial charge in [-0.2, -0.15) is 0 Å². The molecular weight excluding hydrogens is 820 g/mol. The fourth-order valence-corrected chi connectivity index (χ4v) is 10.1. The average Bonchev–Trinajstić information content (AvgIpc) is 3.94. The molecule has 2 unspecified atom stereocenters. The molecule has 0 bridgehead atoms. The summed E-state index contributed by atoms with van der Waals surface area (Å²) in [5, 5.41) is 3.26. The Hall–Kier alpha value is -6.57. The van der Waals surface area contributed by atoms with Crippen LogP contribution in [0.2, 0.25) is 10.0 Å². The van der Waals surface area contributed by atoms with E-state index in [4.69, 9.17) is 34.7 Å². The van der Waals surface area contributed by atoms with Crippen LogP contribution >= 0.6 is 23.2 Å². The molecule has 8 heterocycles. The molecule has 2 aliphatic rings. The van der Waals surface area contributed by atoms with Gasteiger partial charge in [0, 0.05) is 108 Å². The first-order chi connectivity index (χ1) is 30.3. The van der Waals surface area contributed by atoms with Crippen LogP contribution in [0, 0.1) is 11.8 Å². The number of H-pyrrole nitrogens is 2. The minimum absolute atomic E-state index is 0.104. The number of nitrogens with two attached hydrogens (primary N) is 2. The van der Waals surface area contributed by atoms with Gasteiger partial charge in [-0.3, -0.25) is 4.79 Å². The predicted octanol–water partition coefficient (Wildman–Crippen LogP) is 9.09. The topological polar surface area (TPSA) is 185 Å². The van der Waals surface area contributed by atoms with Crippen LogP contribution < -0.4 is 21.3 Å². The molecule has 2 aliphatic heterocycles. The summed E-state index contributed by atoms with van der Waals surface area (Å²) >= 11 is 12.9. The van der Waals surface area contributed by atoms with Crippen molar-refractivity contribution in [3.05, 3.63) is 131 Å². The predicted molar refractivity (Wildman–Crippen MR) is 246 cm³/mol. The van der Waals surface area contributed by atoms with Crippen molar-refractivity contribution in [3.63, 3.8) is 0 Å². The number of benzene rings is 2. The minimum Gasteiger partial charge on any atom is -0.371 e. The molecule has 0 radical (unpaired) electrons. The highest BCUT2D eigenvalue weighted by Gasteiger charge is 2.41. The molecule has 15 heteroatoms. The minimum atomic E-state index is -0.333. The first kappa shape index (κ1) is 39.6. The van der Waals surface area contributed by atoms with Crippen molar-refractivity contribution in [2.24, 2.45) is 11.8 Å². The summed E-state index contributed by atoms with van der Waals surface area (Å²) in [4.78, 5) is 53.6. The quantitative estimate of drug-likeness (QED) is 0.103. The van der Waals surface area contributed by atoms with Gasteiger partial charge in [-0.05, 0) is 97.2 Å². The largest absolute Gasteiger partial charge is 0.371 e. The van der Waals surface area contributed by atoms with Gasteiger partial charge in [-0.25, -0.2) is 29.9 Å². The van der Waals surface area contributed by atoms with Crippen molar-refractivity contribution in [2.45, 2.75) is 37.5 Å². The van der Waals surface area contributed by atoms with E-state index in [1.54, 1.807) is 12.4 Å². The van der Waals surface area contributed by atoms with E-state index in [9.17, 15) is 0 Å². The number of fused-ring (bicyclic) bond motifs is 2. The number of aromatic nitrogens is 8. The first-order valence-corrected chi connectivity index (χ1v) is 21.7. The molecule has 62 heavy (non-hydrogen) atoms. The van der Waals surface area contributed by atoms with Crippen LogP contribution in [0.25, 0.3) is 44.6 Å². The average molecular weight is 864 g/mol. The highest BCUT2D eigenvalue weighted by atomic mass is 35.5. The lowest BCUT2D eigenvalue weighted by Crippen LogP contribution is -2.41. The monoisotopic (exact) mass is 862 g/mol. The highest BCUT2D eigenvalue weighted by Crippen LogP contribution is 2.45. The van der Waals surface area contributed by atoms with Crippen molar-refractivity contribution in [1.29, 1.82) is 0 Å². The molecule has 8 aromatic rings. The number of ketones is 1. The van der Waals surface area contributed by atoms with Gasteiger partial charge in [-0.1, -0.05) is 47.5 Å². The number of pyridine rings is 2. The lowest BCUT2D eigenvalue weighted by molar-refractivity contribution is -0.124. The molecule has 0 amide bonds. The van der Waals surface area contributed by atoms with E-state index in [2.05, 4.69) is 61.8 Å². The molecule has 2 fully saturated rings. The highest BCUT2D eigenvalue weighted by molar-refractivity contribution is 6.30. The molecular formula is C47H44Cl2N12O. The SMILES string of the molecule is Nc1nccc(-c2c[nH]c3nccc(N4CCC(C(C(=O)C(c5ccc(Cl)cc5)C5CCN(c6ccnc7[nH]cc(-c8ccnc(N)n8)c67)CC5)c5ccc(Cl)cc5)CC4)c23)n1. The van der Waals surface area contributed by atoms with Gasteiger partial charge in [0.1, 0.15) is 17.1 Å². The van der Waals surface area contributed by atoms with Crippen LogP contribution in [0.1, 0.15) is 48.6 Å². The number of Topliss-reactive ketones (excluding diaryl/α,β-unsaturated/α-hetero) is 1. The lowest BCUT2D eigenvalue weighted by atomic mass is 9.68. The van der Waals surface area contributed by atoms with Crippen LogP contribution in [-0.2, 0) is 4.79 Å². The van der Waals surface area contributed by atoms with Crippen molar-refractivity contribution >= 4 is 74.3 Å². The Morgan fingerprint density at radius 3 is 1.34 bits per heavy atom. The fourth-order valence-electron chi connectivity index (χ4n) is 9.88. The van der Waals surface area contributed by atoms with E-state index in [0.29, 0.717) is 10.0 Å². The number of carbonyl (C=O) groups is 1. The molecule has 2 saturated heterocycles. The standard InChI is InChI=1S/C47H44Cl2N12O/c48-31-5-1-27(2-6-31)39(29-13-21-60(22-14-29)37-11-19-52-44-41(37)33(25-56-44)35-9-17-54-46(50)58-35)43(62)40(28-3-7-32(49)8-4-28)30-15-23-61(24-16-30)38-12-20-53-45-42(38)34(26-57-45)36-10-18-55-47(51)59-36/h1-12,17-20,25-26,29-30,39-40H,13-16,21-24H2,(H,52,56)(H,53,57)(H2,50,54,58)(H2,51,55,59). The van der Waals surface area contributed by atoms with Gasteiger partial charge in [0.25, 0.3) is 0 Å². The van der Waals surface area contributed by atoms with Crippen LogP contribution in [-0.4, -0.2) is 71.8 Å². The molecule has 2 aromatic carbocycles. The molecule has 6 N–H and O–H groups in total. The number of rotatable bonds is 10. The Bertz CT molecular complexity index is 2690. The Labute approximate surface area is 368 Å². The summed E-state index contributed by atoms with van der Waals surface area (Å²) < 4.78 is 0. The number of aromatic amines is 2. The Balaban J connectivity index is 0.942. The molecule has 10 rings (SSSR count). The van der Waals surface area contributed by atoms with Crippen LogP contribution in [0.4, 0.5) is 23.3 Å². The number of halogens is 2. The number of hydrogen-bond acceptors (Lipinski definition) is 11. The second-order valence-electron chi connectivity index (χ2n) is 16.2. The van der Waals surface area contributed by atoms with E-state index in [1.165, 1.54) is 0 Å². The normalized spacial score (nSPS) is 16.2. The van der Waals surface area contributed by atoms with Crippen LogP contribution in [0.15, 0.2) is 110 Å². The maximum absolute atomic E-state index is 15.7. The van der Waals surface area contributed by atoms with Gasteiger partial charge in [0.05, 0.1) is 22.2 Å². The lowest BCUT2D eigenvalue weighted by Gasteiger charge is -2.41. The van der Waals surface area contributed by atoms with Crippen molar-refractivity contribution in [2.75, 3.05) is 47.4 Å². The smallest absolute Gasteiger partial charge is 0.220 e. The van der Waals surface area contributed by atoms with Gasteiger partial charge < -0.3 is 31.2 Å². The molecule has 13 nitrogen and oxygen atoms in total. The van der Waals surface area contributed by atoms with Gasteiger partial charge in [0.15, 0.2) is 0 Å². The number of hydrogen-bond donors (Lipinski definition) is 4. The van der Waals surface area contributed by atoms with E-state index in [1.807, 2.05) is 85.5 Å². The van der Waals surface area contributed by atoms with E-state index < -0.39 is 0 Å². The van der Waals surface area contributed by atoms with Crippen molar-refractivity contribution in [3.8, 4) is 22.5 Å². The summed E-state index contributed by atoms with van der Waals surface area (Å²) in [6.07, 6.45) is 14.2. The number of nitrogen functional groups attached to an aromatic ring is 2. The third-order valence-electron chi connectivity index (χ3n) is 12.8. The molecule has 0 spiro atoms. The maximum atomic E-state index is 15.7. The zero-order chi connectivity index (χ0) is 42.3. The summed E-state index contributed by atoms with van der Waals surface area (Å²) in [5.74, 6) is 0.220. The second-order valence-corrected chi connectivity index (χ2v) is 17.1. The van der Waals surface area contributed by atoms with E-state index >= 15 is 4.79 Å². The Morgan fingerprint density at radius 1 is 0.565 bits per heavy atom. The number of piperidine rings is 2. The zero-order valence-electron chi connectivity index (χ0n) is 33.8. The summed E-state index contributed by atoms with van der Waals surface area (Å²) in [7, 11) is 0. The fraction of sp³-hybridized carbons (Fsp3) is 0.255.